The SMILES string of the molecule is CCn1nc(C)c(C(N)c2cc3cc(F)ccc3o2)c1C. The van der Waals surface area contributed by atoms with E-state index < -0.39 is 6.04 Å². The van der Waals surface area contributed by atoms with E-state index in [1.54, 1.807) is 12.1 Å². The molecule has 5 heteroatoms. The smallest absolute Gasteiger partial charge is 0.134 e. The van der Waals surface area contributed by atoms with E-state index >= 15 is 0 Å². The Balaban J connectivity index is 2.08. The van der Waals surface area contributed by atoms with Crippen molar-refractivity contribution < 1.29 is 8.81 Å². The molecule has 0 aliphatic heterocycles. The van der Waals surface area contributed by atoms with Crippen molar-refractivity contribution in [1.82, 2.24) is 9.78 Å². The maximum atomic E-state index is 13.3. The van der Waals surface area contributed by atoms with Crippen LogP contribution in [0.2, 0.25) is 0 Å². The summed E-state index contributed by atoms with van der Waals surface area (Å²) in [6.07, 6.45) is 0. The molecule has 0 saturated carbocycles. The zero-order valence-electron chi connectivity index (χ0n) is 12.4. The second-order valence-electron chi connectivity index (χ2n) is 5.21. The molecule has 0 spiro atoms. The number of aromatic nitrogens is 2. The summed E-state index contributed by atoms with van der Waals surface area (Å²) in [6, 6.07) is 5.85. The minimum atomic E-state index is -0.402. The standard InChI is InChI=1S/C16H18FN3O/c1-4-20-10(3)15(9(2)19-20)16(18)14-8-11-7-12(17)5-6-13(11)21-14/h5-8,16H,4,18H2,1-3H3. The molecule has 1 aromatic carbocycles. The summed E-state index contributed by atoms with van der Waals surface area (Å²) in [4.78, 5) is 0. The van der Waals surface area contributed by atoms with Crippen molar-refractivity contribution in [1.29, 1.82) is 0 Å². The fourth-order valence-corrected chi connectivity index (χ4v) is 2.80. The van der Waals surface area contributed by atoms with Gasteiger partial charge in [-0.3, -0.25) is 4.68 Å². The highest BCUT2D eigenvalue weighted by atomic mass is 19.1. The van der Waals surface area contributed by atoms with Crippen LogP contribution in [0.1, 0.15) is 35.7 Å². The Morgan fingerprint density at radius 3 is 2.76 bits per heavy atom. The lowest BCUT2D eigenvalue weighted by Crippen LogP contribution is -2.13. The lowest BCUT2D eigenvalue weighted by Gasteiger charge is -2.09. The van der Waals surface area contributed by atoms with E-state index in [1.807, 2.05) is 25.5 Å². The molecule has 4 nitrogen and oxygen atoms in total. The Morgan fingerprint density at radius 2 is 2.10 bits per heavy atom. The minimum absolute atomic E-state index is 0.283. The Kier molecular flexibility index (Phi) is 3.29. The van der Waals surface area contributed by atoms with E-state index in [9.17, 15) is 4.39 Å². The summed E-state index contributed by atoms with van der Waals surface area (Å²) in [5.41, 5.74) is 9.89. The van der Waals surface area contributed by atoms with Crippen molar-refractivity contribution in [3.05, 3.63) is 52.8 Å². The van der Waals surface area contributed by atoms with Crippen LogP contribution in [0.15, 0.2) is 28.7 Å². The quantitative estimate of drug-likeness (QED) is 0.802. The number of benzene rings is 1. The number of fused-ring (bicyclic) bond motifs is 1. The first kappa shape index (κ1) is 13.8. The molecular formula is C16H18FN3O. The Labute approximate surface area is 122 Å². The molecule has 0 radical (unpaired) electrons. The maximum absolute atomic E-state index is 13.3. The van der Waals surface area contributed by atoms with E-state index in [0.29, 0.717) is 11.3 Å². The van der Waals surface area contributed by atoms with Crippen LogP contribution in [0.4, 0.5) is 4.39 Å². The molecule has 2 N–H and O–H groups in total. The lowest BCUT2D eigenvalue weighted by atomic mass is 10.0. The van der Waals surface area contributed by atoms with Gasteiger partial charge in [-0.05, 0) is 45.0 Å². The average molecular weight is 287 g/mol. The van der Waals surface area contributed by atoms with Crippen LogP contribution in [0.5, 0.6) is 0 Å². The molecule has 2 heterocycles. The minimum Gasteiger partial charge on any atom is -0.459 e. The second kappa shape index (κ2) is 5.00. The maximum Gasteiger partial charge on any atom is 0.134 e. The largest absolute Gasteiger partial charge is 0.459 e. The number of nitrogens with zero attached hydrogens (tertiary/aromatic N) is 2. The van der Waals surface area contributed by atoms with E-state index in [2.05, 4.69) is 5.10 Å². The van der Waals surface area contributed by atoms with Gasteiger partial charge in [-0.2, -0.15) is 5.10 Å². The third kappa shape index (κ3) is 2.23. The van der Waals surface area contributed by atoms with Crippen LogP contribution < -0.4 is 5.73 Å². The number of hydrogen-bond donors (Lipinski definition) is 1. The normalized spacial score (nSPS) is 13.0. The highest BCUT2D eigenvalue weighted by molar-refractivity contribution is 5.78. The van der Waals surface area contributed by atoms with Gasteiger partial charge in [-0.25, -0.2) is 4.39 Å². The van der Waals surface area contributed by atoms with Crippen LogP contribution in [-0.4, -0.2) is 9.78 Å². The topological polar surface area (TPSA) is 57.0 Å². The number of aryl methyl sites for hydroxylation is 2. The van der Waals surface area contributed by atoms with Crippen molar-refractivity contribution in [2.45, 2.75) is 33.4 Å². The average Bonchev–Trinajstić information content (AvgIpc) is 2.98. The summed E-state index contributed by atoms with van der Waals surface area (Å²) in [5, 5.41) is 5.20. The van der Waals surface area contributed by atoms with Gasteiger partial charge in [-0.15, -0.1) is 0 Å². The van der Waals surface area contributed by atoms with Crippen LogP contribution in [-0.2, 0) is 6.54 Å². The third-order valence-corrected chi connectivity index (χ3v) is 3.85. The number of nitrogens with two attached hydrogens (primary N) is 1. The molecule has 1 atom stereocenters. The zero-order chi connectivity index (χ0) is 15.1. The predicted octanol–water partition coefficient (Wildman–Crippen LogP) is 3.45. The molecular weight excluding hydrogens is 269 g/mol. The first-order valence-electron chi connectivity index (χ1n) is 6.99. The Hall–Kier alpha value is -2.14. The second-order valence-corrected chi connectivity index (χ2v) is 5.21. The molecule has 0 saturated heterocycles. The zero-order valence-corrected chi connectivity index (χ0v) is 12.4. The van der Waals surface area contributed by atoms with Crippen LogP contribution >= 0.6 is 0 Å². The fraction of sp³-hybridized carbons (Fsp3) is 0.312. The molecule has 2 aromatic heterocycles. The van der Waals surface area contributed by atoms with Crippen LogP contribution in [0.25, 0.3) is 11.0 Å². The molecule has 1 unspecified atom stereocenters. The van der Waals surface area contributed by atoms with E-state index in [4.69, 9.17) is 10.2 Å². The Morgan fingerprint density at radius 1 is 1.33 bits per heavy atom. The molecule has 3 aromatic rings. The van der Waals surface area contributed by atoms with Crippen molar-refractivity contribution in [2.24, 2.45) is 5.73 Å². The first-order chi connectivity index (χ1) is 10.0. The molecule has 0 bridgehead atoms. The summed E-state index contributed by atoms with van der Waals surface area (Å²) < 4.78 is 20.9. The summed E-state index contributed by atoms with van der Waals surface area (Å²) >= 11 is 0. The summed E-state index contributed by atoms with van der Waals surface area (Å²) in [7, 11) is 0. The van der Waals surface area contributed by atoms with Crippen LogP contribution in [0.3, 0.4) is 0 Å². The lowest BCUT2D eigenvalue weighted by molar-refractivity contribution is 0.522. The summed E-state index contributed by atoms with van der Waals surface area (Å²) in [6.45, 7) is 6.78. The van der Waals surface area contributed by atoms with Gasteiger partial charge >= 0.3 is 0 Å². The molecule has 3 rings (SSSR count). The van der Waals surface area contributed by atoms with E-state index in [0.717, 1.165) is 28.9 Å². The van der Waals surface area contributed by atoms with Gasteiger partial charge in [0.15, 0.2) is 0 Å². The van der Waals surface area contributed by atoms with Crippen molar-refractivity contribution in [2.75, 3.05) is 0 Å². The van der Waals surface area contributed by atoms with Crippen LogP contribution in [0, 0.1) is 19.7 Å². The molecule has 21 heavy (non-hydrogen) atoms. The fourth-order valence-electron chi connectivity index (χ4n) is 2.80. The van der Waals surface area contributed by atoms with E-state index in [-0.39, 0.29) is 5.82 Å². The van der Waals surface area contributed by atoms with Crippen molar-refractivity contribution in [3.8, 4) is 0 Å². The molecule has 0 aliphatic carbocycles. The predicted molar refractivity (Wildman–Crippen MR) is 79.6 cm³/mol. The van der Waals surface area contributed by atoms with Gasteiger partial charge < -0.3 is 10.2 Å². The number of hydrogen-bond acceptors (Lipinski definition) is 3. The van der Waals surface area contributed by atoms with Gasteiger partial charge in [0.25, 0.3) is 0 Å². The highest BCUT2D eigenvalue weighted by Gasteiger charge is 2.22. The molecule has 0 amide bonds. The molecule has 0 aliphatic rings. The highest BCUT2D eigenvalue weighted by Crippen LogP contribution is 2.30. The van der Waals surface area contributed by atoms with E-state index in [1.165, 1.54) is 12.1 Å². The van der Waals surface area contributed by atoms with Gasteiger partial charge in [0.2, 0.25) is 0 Å². The third-order valence-electron chi connectivity index (χ3n) is 3.85. The molecule has 0 fully saturated rings. The summed E-state index contributed by atoms with van der Waals surface area (Å²) in [5.74, 6) is 0.340. The van der Waals surface area contributed by atoms with Crippen molar-refractivity contribution in [3.63, 3.8) is 0 Å². The number of halogens is 1. The number of furan rings is 1. The van der Waals surface area contributed by atoms with Gasteiger partial charge in [0.1, 0.15) is 17.2 Å². The monoisotopic (exact) mass is 287 g/mol. The van der Waals surface area contributed by atoms with Gasteiger partial charge in [0.05, 0.1) is 11.7 Å². The number of rotatable bonds is 3. The van der Waals surface area contributed by atoms with Gasteiger partial charge in [0, 0.05) is 23.2 Å². The Bertz CT molecular complexity index is 803. The molecule has 110 valence electrons. The van der Waals surface area contributed by atoms with Gasteiger partial charge in [-0.1, -0.05) is 0 Å². The first-order valence-corrected chi connectivity index (χ1v) is 6.99. The van der Waals surface area contributed by atoms with Crippen molar-refractivity contribution >= 4 is 11.0 Å².